The fourth-order valence-corrected chi connectivity index (χ4v) is 0.531. The largest absolute Gasteiger partial charge is 0.340 e. The van der Waals surface area contributed by atoms with Crippen LogP contribution in [0.2, 0.25) is 0 Å². The molecule has 11 heavy (non-hydrogen) atoms. The average Bonchev–Trinajstić information content (AvgIpc) is 1.83. The summed E-state index contributed by atoms with van der Waals surface area (Å²) in [5.41, 5.74) is 0. The number of rotatable bonds is 3. The number of halogens is 5. The molecule has 0 N–H and O–H groups in total. The third-order valence-electron chi connectivity index (χ3n) is 1.34. The van der Waals surface area contributed by atoms with Gasteiger partial charge >= 0.3 is 11.8 Å². The smallest absolute Gasteiger partial charge is 0.241 e. The molecule has 0 unspecified atom stereocenters. The van der Waals surface area contributed by atoms with Crippen molar-refractivity contribution in [3.63, 3.8) is 0 Å². The molecule has 0 saturated heterocycles. The molecule has 0 aliphatic heterocycles. The summed E-state index contributed by atoms with van der Waals surface area (Å²) in [5, 5.41) is 0. The highest BCUT2D eigenvalue weighted by atomic mass is 19.3. The summed E-state index contributed by atoms with van der Waals surface area (Å²) in [6.45, 7) is 1.10. The summed E-state index contributed by atoms with van der Waals surface area (Å²) >= 11 is 0. The number of hydrogen-bond donors (Lipinski definition) is 0. The van der Waals surface area contributed by atoms with Crippen LogP contribution in [0.1, 0.15) is 20.3 Å². The SMILES string of the molecule is CC[C@H](F)C(F)(F)C(C)(F)F. The monoisotopic (exact) mass is 176 g/mol. The van der Waals surface area contributed by atoms with Crippen molar-refractivity contribution < 1.29 is 22.0 Å². The van der Waals surface area contributed by atoms with Gasteiger partial charge in [0.25, 0.3) is 0 Å². The molecule has 0 nitrogen and oxygen atoms in total. The molecule has 0 fully saturated rings. The Kier molecular flexibility index (Phi) is 2.85. The van der Waals surface area contributed by atoms with Gasteiger partial charge in [-0.2, -0.15) is 8.78 Å². The van der Waals surface area contributed by atoms with Crippen molar-refractivity contribution >= 4 is 0 Å². The standard InChI is InChI=1S/C6H9F5/c1-3-4(7)6(10,11)5(2,8)9/h4H,3H2,1-2H3/t4-/m0/s1. The third kappa shape index (κ3) is 2.04. The van der Waals surface area contributed by atoms with Gasteiger partial charge in [-0.25, -0.2) is 13.2 Å². The molecule has 0 saturated carbocycles. The van der Waals surface area contributed by atoms with Crippen molar-refractivity contribution in [1.82, 2.24) is 0 Å². The molecule has 0 aliphatic carbocycles. The molecule has 0 aliphatic rings. The van der Waals surface area contributed by atoms with E-state index >= 15 is 0 Å². The molecular weight excluding hydrogens is 167 g/mol. The van der Waals surface area contributed by atoms with Gasteiger partial charge in [0.2, 0.25) is 0 Å². The molecule has 0 aromatic rings. The zero-order valence-corrected chi connectivity index (χ0v) is 6.17. The summed E-state index contributed by atoms with van der Waals surface area (Å²) in [4.78, 5) is 0. The van der Waals surface area contributed by atoms with E-state index in [1.165, 1.54) is 0 Å². The fourth-order valence-electron chi connectivity index (χ4n) is 0.531. The van der Waals surface area contributed by atoms with E-state index < -0.39 is 24.4 Å². The minimum Gasteiger partial charge on any atom is -0.241 e. The van der Waals surface area contributed by atoms with Gasteiger partial charge in [-0.3, -0.25) is 0 Å². The van der Waals surface area contributed by atoms with Crippen LogP contribution in [0, 0.1) is 0 Å². The van der Waals surface area contributed by atoms with Crippen molar-refractivity contribution in [2.75, 3.05) is 0 Å². The molecule has 1 atom stereocenters. The van der Waals surface area contributed by atoms with Gasteiger partial charge in [0.1, 0.15) is 0 Å². The maximum atomic E-state index is 12.2. The normalized spacial score (nSPS) is 16.6. The van der Waals surface area contributed by atoms with Crippen LogP contribution in [0.25, 0.3) is 0 Å². The highest BCUT2D eigenvalue weighted by Gasteiger charge is 2.57. The van der Waals surface area contributed by atoms with Gasteiger partial charge in [0, 0.05) is 6.92 Å². The second-order valence-electron chi connectivity index (χ2n) is 2.39. The summed E-state index contributed by atoms with van der Waals surface area (Å²) in [7, 11) is 0. The van der Waals surface area contributed by atoms with Crippen LogP contribution in [0.4, 0.5) is 22.0 Å². The topological polar surface area (TPSA) is 0 Å². The second-order valence-corrected chi connectivity index (χ2v) is 2.39. The lowest BCUT2D eigenvalue weighted by Crippen LogP contribution is -2.45. The molecule has 0 heterocycles. The predicted octanol–water partition coefficient (Wildman–Crippen LogP) is 3.03. The van der Waals surface area contributed by atoms with Gasteiger partial charge in [-0.15, -0.1) is 0 Å². The van der Waals surface area contributed by atoms with Gasteiger partial charge in [-0.05, 0) is 6.42 Å². The maximum absolute atomic E-state index is 12.2. The van der Waals surface area contributed by atoms with Gasteiger partial charge in [0.15, 0.2) is 6.17 Å². The zero-order chi connectivity index (χ0) is 9.28. The molecule has 68 valence electrons. The minimum atomic E-state index is -4.55. The van der Waals surface area contributed by atoms with Crippen LogP contribution in [-0.2, 0) is 0 Å². The van der Waals surface area contributed by atoms with E-state index in [-0.39, 0.29) is 6.92 Å². The van der Waals surface area contributed by atoms with Gasteiger partial charge < -0.3 is 0 Å². The summed E-state index contributed by atoms with van der Waals surface area (Å²) in [5.74, 6) is -8.84. The van der Waals surface area contributed by atoms with Gasteiger partial charge in [0.05, 0.1) is 0 Å². The molecule has 0 aromatic heterocycles. The van der Waals surface area contributed by atoms with Crippen molar-refractivity contribution in [2.24, 2.45) is 0 Å². The first kappa shape index (κ1) is 10.7. The van der Waals surface area contributed by atoms with E-state index in [9.17, 15) is 22.0 Å². The van der Waals surface area contributed by atoms with Gasteiger partial charge in [-0.1, -0.05) is 6.92 Å². The van der Waals surface area contributed by atoms with Crippen LogP contribution in [0.5, 0.6) is 0 Å². The molecule has 0 spiro atoms. The molecule has 0 rings (SSSR count). The van der Waals surface area contributed by atoms with Crippen LogP contribution in [0.15, 0.2) is 0 Å². The highest BCUT2D eigenvalue weighted by Crippen LogP contribution is 2.38. The summed E-state index contributed by atoms with van der Waals surface area (Å²) in [6.07, 6.45) is -3.39. The van der Waals surface area contributed by atoms with Crippen LogP contribution in [-0.4, -0.2) is 18.0 Å². The molecule has 0 amide bonds. The van der Waals surface area contributed by atoms with Crippen LogP contribution in [0.3, 0.4) is 0 Å². The second kappa shape index (κ2) is 2.95. The van der Waals surface area contributed by atoms with Crippen molar-refractivity contribution in [2.45, 2.75) is 38.3 Å². The van der Waals surface area contributed by atoms with E-state index in [1.807, 2.05) is 0 Å². The lowest BCUT2D eigenvalue weighted by Gasteiger charge is -2.25. The Labute approximate surface area is 61.4 Å². The van der Waals surface area contributed by atoms with E-state index in [0.717, 1.165) is 6.92 Å². The summed E-state index contributed by atoms with van der Waals surface area (Å²) in [6, 6.07) is 0. The molecule has 0 aromatic carbocycles. The summed E-state index contributed by atoms with van der Waals surface area (Å²) < 4.78 is 60.5. The third-order valence-corrected chi connectivity index (χ3v) is 1.34. The highest BCUT2D eigenvalue weighted by molar-refractivity contribution is 4.86. The Morgan fingerprint density at radius 2 is 1.55 bits per heavy atom. The Bertz CT molecular complexity index is 125. The van der Waals surface area contributed by atoms with E-state index in [0.29, 0.717) is 0 Å². The quantitative estimate of drug-likeness (QED) is 0.580. The Morgan fingerprint density at radius 1 is 1.18 bits per heavy atom. The first-order valence-corrected chi connectivity index (χ1v) is 3.13. The zero-order valence-electron chi connectivity index (χ0n) is 6.17. The fraction of sp³-hybridized carbons (Fsp3) is 1.00. The molecule has 5 heteroatoms. The lowest BCUT2D eigenvalue weighted by atomic mass is 10.1. The Balaban J connectivity index is 4.45. The minimum absolute atomic E-state index is 0.00917. The number of alkyl halides is 5. The van der Waals surface area contributed by atoms with E-state index in [4.69, 9.17) is 0 Å². The number of hydrogen-bond acceptors (Lipinski definition) is 0. The van der Waals surface area contributed by atoms with Crippen molar-refractivity contribution in [1.29, 1.82) is 0 Å². The van der Waals surface area contributed by atoms with Crippen molar-refractivity contribution in [3.8, 4) is 0 Å². The lowest BCUT2D eigenvalue weighted by molar-refractivity contribution is -0.229. The van der Waals surface area contributed by atoms with E-state index in [2.05, 4.69) is 0 Å². The molecule has 0 radical (unpaired) electrons. The average molecular weight is 176 g/mol. The predicted molar refractivity (Wildman–Crippen MR) is 30.8 cm³/mol. The molecular formula is C6H9F5. The Hall–Kier alpha value is -0.350. The molecule has 0 bridgehead atoms. The van der Waals surface area contributed by atoms with Crippen molar-refractivity contribution in [3.05, 3.63) is 0 Å². The van der Waals surface area contributed by atoms with Crippen LogP contribution < -0.4 is 0 Å². The van der Waals surface area contributed by atoms with Crippen LogP contribution >= 0.6 is 0 Å². The first-order chi connectivity index (χ1) is 4.73. The van der Waals surface area contributed by atoms with E-state index in [1.54, 1.807) is 0 Å². The Morgan fingerprint density at radius 3 is 1.64 bits per heavy atom. The maximum Gasteiger partial charge on any atom is 0.340 e. The first-order valence-electron chi connectivity index (χ1n) is 3.13.